The summed E-state index contributed by atoms with van der Waals surface area (Å²) in [5, 5.41) is 4.26. The molecule has 25 heavy (non-hydrogen) atoms. The fourth-order valence-electron chi connectivity index (χ4n) is 3.82. The summed E-state index contributed by atoms with van der Waals surface area (Å²) >= 11 is 0. The summed E-state index contributed by atoms with van der Waals surface area (Å²) in [4.78, 5) is 19.5. The lowest BCUT2D eigenvalue weighted by Gasteiger charge is -2.27. The Labute approximate surface area is 148 Å². The van der Waals surface area contributed by atoms with Gasteiger partial charge in [-0.1, -0.05) is 19.3 Å². The van der Waals surface area contributed by atoms with Crippen LogP contribution in [0.5, 0.6) is 0 Å². The SMILES string of the molecule is O=C(Cn1ccc2ccc(N3CCOCC3)nc21)NC1CCCCC1. The van der Waals surface area contributed by atoms with E-state index >= 15 is 0 Å². The molecule has 0 unspecified atom stereocenters. The maximum Gasteiger partial charge on any atom is 0.240 e. The molecule has 1 saturated carbocycles. The van der Waals surface area contributed by atoms with Gasteiger partial charge in [-0.05, 0) is 31.0 Å². The van der Waals surface area contributed by atoms with Gasteiger partial charge in [0.25, 0.3) is 0 Å². The first-order valence-electron chi connectivity index (χ1n) is 9.37. The van der Waals surface area contributed by atoms with E-state index in [4.69, 9.17) is 9.72 Å². The van der Waals surface area contributed by atoms with E-state index in [2.05, 4.69) is 22.3 Å². The second-order valence-electron chi connectivity index (χ2n) is 7.03. The molecule has 1 N–H and O–H groups in total. The van der Waals surface area contributed by atoms with Crippen LogP contribution in [0.3, 0.4) is 0 Å². The molecule has 1 saturated heterocycles. The van der Waals surface area contributed by atoms with Crippen LogP contribution in [0, 0.1) is 0 Å². The number of morpholine rings is 1. The van der Waals surface area contributed by atoms with E-state index in [0.29, 0.717) is 12.6 Å². The summed E-state index contributed by atoms with van der Waals surface area (Å²) < 4.78 is 7.37. The minimum atomic E-state index is 0.0861. The van der Waals surface area contributed by atoms with Gasteiger partial charge in [0.2, 0.25) is 5.91 Å². The highest BCUT2D eigenvalue weighted by Crippen LogP contribution is 2.21. The Bertz CT molecular complexity index is 730. The molecule has 6 heteroatoms. The van der Waals surface area contributed by atoms with Gasteiger partial charge in [0.15, 0.2) is 0 Å². The van der Waals surface area contributed by atoms with Gasteiger partial charge in [-0.3, -0.25) is 4.79 Å². The fourth-order valence-corrected chi connectivity index (χ4v) is 3.82. The van der Waals surface area contributed by atoms with Gasteiger partial charge in [-0.15, -0.1) is 0 Å². The van der Waals surface area contributed by atoms with Crippen LogP contribution in [0.2, 0.25) is 0 Å². The first kappa shape index (κ1) is 16.4. The molecular formula is C19H26N4O2. The maximum absolute atomic E-state index is 12.4. The molecule has 0 radical (unpaired) electrons. The van der Waals surface area contributed by atoms with Crippen LogP contribution < -0.4 is 10.2 Å². The number of hydrogen-bond donors (Lipinski definition) is 1. The summed E-state index contributed by atoms with van der Waals surface area (Å²) in [6.45, 7) is 3.54. The van der Waals surface area contributed by atoms with Gasteiger partial charge in [-0.2, -0.15) is 0 Å². The van der Waals surface area contributed by atoms with Crippen molar-refractivity contribution in [2.24, 2.45) is 0 Å². The number of rotatable bonds is 4. The average molecular weight is 342 g/mol. The number of carbonyl (C=O) groups excluding carboxylic acids is 1. The van der Waals surface area contributed by atoms with Crippen LogP contribution in [-0.4, -0.2) is 47.8 Å². The van der Waals surface area contributed by atoms with Crippen molar-refractivity contribution in [1.29, 1.82) is 0 Å². The van der Waals surface area contributed by atoms with E-state index in [1.165, 1.54) is 19.3 Å². The minimum absolute atomic E-state index is 0.0861. The van der Waals surface area contributed by atoms with Crippen molar-refractivity contribution in [3.05, 3.63) is 24.4 Å². The number of pyridine rings is 1. The predicted octanol–water partition coefficient (Wildman–Crippen LogP) is 2.32. The van der Waals surface area contributed by atoms with E-state index < -0.39 is 0 Å². The van der Waals surface area contributed by atoms with Crippen LogP contribution in [0.4, 0.5) is 5.82 Å². The Morgan fingerprint density at radius 2 is 1.96 bits per heavy atom. The van der Waals surface area contributed by atoms with E-state index in [1.54, 1.807) is 0 Å². The third-order valence-electron chi connectivity index (χ3n) is 5.22. The number of aromatic nitrogens is 2. The Morgan fingerprint density at radius 1 is 1.16 bits per heavy atom. The molecule has 2 aliphatic rings. The average Bonchev–Trinajstić information content (AvgIpc) is 3.05. The third kappa shape index (κ3) is 3.79. The molecule has 2 fully saturated rings. The second kappa shape index (κ2) is 7.44. The lowest BCUT2D eigenvalue weighted by molar-refractivity contribution is -0.122. The Morgan fingerprint density at radius 3 is 2.76 bits per heavy atom. The van der Waals surface area contributed by atoms with E-state index in [9.17, 15) is 4.79 Å². The highest BCUT2D eigenvalue weighted by Gasteiger charge is 2.17. The van der Waals surface area contributed by atoms with Crippen LogP contribution in [-0.2, 0) is 16.1 Å². The summed E-state index contributed by atoms with van der Waals surface area (Å²) in [6, 6.07) is 6.52. The number of fused-ring (bicyclic) bond motifs is 1. The molecule has 1 aliphatic heterocycles. The van der Waals surface area contributed by atoms with Crippen LogP contribution in [0.15, 0.2) is 24.4 Å². The van der Waals surface area contributed by atoms with Crippen molar-refractivity contribution < 1.29 is 9.53 Å². The number of amides is 1. The molecule has 4 rings (SSSR count). The van der Waals surface area contributed by atoms with Crippen molar-refractivity contribution >= 4 is 22.8 Å². The van der Waals surface area contributed by atoms with Crippen molar-refractivity contribution in [1.82, 2.24) is 14.9 Å². The molecule has 1 aliphatic carbocycles. The van der Waals surface area contributed by atoms with Crippen LogP contribution in [0.1, 0.15) is 32.1 Å². The van der Waals surface area contributed by atoms with Gasteiger partial charge in [0.1, 0.15) is 18.0 Å². The Hall–Kier alpha value is -2.08. The molecule has 1 amide bonds. The number of ether oxygens (including phenoxy) is 1. The molecule has 2 aromatic rings. The van der Waals surface area contributed by atoms with Gasteiger partial charge in [0, 0.05) is 30.7 Å². The number of hydrogen-bond acceptors (Lipinski definition) is 4. The molecule has 0 atom stereocenters. The molecule has 0 aromatic carbocycles. The molecular weight excluding hydrogens is 316 g/mol. The van der Waals surface area contributed by atoms with E-state index in [0.717, 1.165) is 56.0 Å². The molecule has 2 aromatic heterocycles. The standard InChI is InChI=1S/C19H26N4O2/c24-18(20-16-4-2-1-3-5-16)14-23-9-8-15-6-7-17(21-19(15)23)22-10-12-25-13-11-22/h6-9,16H,1-5,10-14H2,(H,20,24). The van der Waals surface area contributed by atoms with Crippen molar-refractivity contribution in [3.8, 4) is 0 Å². The molecule has 3 heterocycles. The largest absolute Gasteiger partial charge is 0.378 e. The summed E-state index contributed by atoms with van der Waals surface area (Å²) in [5.41, 5.74) is 0.878. The zero-order chi connectivity index (χ0) is 17.1. The number of carbonyl (C=O) groups is 1. The molecule has 6 nitrogen and oxygen atoms in total. The normalized spacial score (nSPS) is 19.3. The van der Waals surface area contributed by atoms with E-state index in [1.807, 2.05) is 16.8 Å². The van der Waals surface area contributed by atoms with E-state index in [-0.39, 0.29) is 5.91 Å². The first-order chi connectivity index (χ1) is 12.3. The Balaban J connectivity index is 1.47. The summed E-state index contributed by atoms with van der Waals surface area (Å²) in [5.74, 6) is 1.05. The highest BCUT2D eigenvalue weighted by molar-refractivity contribution is 5.82. The maximum atomic E-state index is 12.4. The lowest BCUT2D eigenvalue weighted by atomic mass is 9.95. The molecule has 0 spiro atoms. The van der Waals surface area contributed by atoms with Crippen molar-refractivity contribution in [2.75, 3.05) is 31.2 Å². The third-order valence-corrected chi connectivity index (χ3v) is 5.22. The van der Waals surface area contributed by atoms with Gasteiger partial charge >= 0.3 is 0 Å². The van der Waals surface area contributed by atoms with Gasteiger partial charge in [0.05, 0.1) is 13.2 Å². The van der Waals surface area contributed by atoms with Gasteiger partial charge < -0.3 is 19.5 Å². The Kier molecular flexibility index (Phi) is 4.88. The quantitative estimate of drug-likeness (QED) is 0.926. The number of anilines is 1. The minimum Gasteiger partial charge on any atom is -0.378 e. The topological polar surface area (TPSA) is 59.4 Å². The predicted molar refractivity (Wildman–Crippen MR) is 97.8 cm³/mol. The number of nitrogens with one attached hydrogen (secondary N) is 1. The first-order valence-corrected chi connectivity index (χ1v) is 9.37. The summed E-state index contributed by atoms with van der Waals surface area (Å²) in [6.07, 6.45) is 7.92. The number of nitrogens with zero attached hydrogens (tertiary/aromatic N) is 3. The highest BCUT2D eigenvalue weighted by atomic mass is 16.5. The van der Waals surface area contributed by atoms with Crippen LogP contribution >= 0.6 is 0 Å². The second-order valence-corrected chi connectivity index (χ2v) is 7.03. The smallest absolute Gasteiger partial charge is 0.240 e. The van der Waals surface area contributed by atoms with Gasteiger partial charge in [-0.25, -0.2) is 4.98 Å². The molecule has 0 bridgehead atoms. The van der Waals surface area contributed by atoms with Crippen LogP contribution in [0.25, 0.3) is 11.0 Å². The zero-order valence-corrected chi connectivity index (χ0v) is 14.6. The van der Waals surface area contributed by atoms with Crippen molar-refractivity contribution in [2.45, 2.75) is 44.7 Å². The monoisotopic (exact) mass is 342 g/mol. The molecule has 134 valence electrons. The fraction of sp³-hybridized carbons (Fsp3) is 0.579. The zero-order valence-electron chi connectivity index (χ0n) is 14.6. The van der Waals surface area contributed by atoms with Crippen molar-refractivity contribution in [3.63, 3.8) is 0 Å². The lowest BCUT2D eigenvalue weighted by Crippen LogP contribution is -2.38. The summed E-state index contributed by atoms with van der Waals surface area (Å²) in [7, 11) is 0.